The Morgan fingerprint density at radius 3 is 2.71 bits per heavy atom. The van der Waals surface area contributed by atoms with Crippen molar-refractivity contribution in [3.63, 3.8) is 0 Å². The van der Waals surface area contributed by atoms with E-state index >= 15 is 0 Å². The SMILES string of the molecule is C=CCNC(=S)N1CCc2cc(OC)c(OC)cc2[C@@H]1C. The fourth-order valence-corrected chi connectivity index (χ4v) is 3.02. The van der Waals surface area contributed by atoms with Gasteiger partial charge in [-0.3, -0.25) is 0 Å². The van der Waals surface area contributed by atoms with Crippen molar-refractivity contribution in [2.75, 3.05) is 27.3 Å². The van der Waals surface area contributed by atoms with Gasteiger partial charge in [-0.05, 0) is 48.8 Å². The Balaban J connectivity index is 2.28. The third-order valence-corrected chi connectivity index (χ3v) is 4.22. The number of rotatable bonds is 4. The summed E-state index contributed by atoms with van der Waals surface area (Å²) in [6, 6.07) is 4.34. The van der Waals surface area contributed by atoms with Crippen LogP contribution in [0.5, 0.6) is 11.5 Å². The molecule has 0 bridgehead atoms. The zero-order chi connectivity index (χ0) is 15.4. The van der Waals surface area contributed by atoms with E-state index in [1.807, 2.05) is 6.08 Å². The molecule has 5 heteroatoms. The molecule has 0 aliphatic carbocycles. The van der Waals surface area contributed by atoms with E-state index in [0.29, 0.717) is 6.54 Å². The number of ether oxygens (including phenoxy) is 2. The van der Waals surface area contributed by atoms with E-state index in [1.54, 1.807) is 14.2 Å². The largest absolute Gasteiger partial charge is 0.493 e. The minimum atomic E-state index is 0.207. The van der Waals surface area contributed by atoms with Crippen molar-refractivity contribution in [1.29, 1.82) is 0 Å². The Hall–Kier alpha value is -1.75. The predicted octanol–water partition coefficient (Wildman–Crippen LogP) is 2.68. The lowest BCUT2D eigenvalue weighted by molar-refractivity contribution is 0.309. The summed E-state index contributed by atoms with van der Waals surface area (Å²) in [6.07, 6.45) is 2.75. The Morgan fingerprint density at radius 1 is 1.43 bits per heavy atom. The quantitative estimate of drug-likeness (QED) is 0.683. The lowest BCUT2D eigenvalue weighted by Gasteiger charge is -2.37. The normalized spacial score (nSPS) is 16.9. The first kappa shape index (κ1) is 15.6. The van der Waals surface area contributed by atoms with E-state index in [1.165, 1.54) is 11.1 Å². The molecule has 1 aliphatic rings. The molecule has 0 saturated carbocycles. The molecular weight excluding hydrogens is 284 g/mol. The van der Waals surface area contributed by atoms with Gasteiger partial charge in [-0.2, -0.15) is 0 Å². The molecule has 1 aliphatic heterocycles. The smallest absolute Gasteiger partial charge is 0.169 e. The van der Waals surface area contributed by atoms with Crippen LogP contribution in [-0.4, -0.2) is 37.3 Å². The van der Waals surface area contributed by atoms with E-state index in [2.05, 4.69) is 35.9 Å². The molecule has 1 atom stereocenters. The maximum atomic E-state index is 5.47. The fraction of sp³-hybridized carbons (Fsp3) is 0.438. The number of fused-ring (bicyclic) bond motifs is 1. The number of thiocarbonyl (C=S) groups is 1. The van der Waals surface area contributed by atoms with Crippen LogP contribution in [0.1, 0.15) is 24.1 Å². The van der Waals surface area contributed by atoms with Crippen LogP contribution in [0.25, 0.3) is 0 Å². The zero-order valence-corrected chi connectivity index (χ0v) is 13.6. The molecule has 0 unspecified atom stereocenters. The minimum absolute atomic E-state index is 0.207. The highest BCUT2D eigenvalue weighted by atomic mass is 32.1. The Morgan fingerprint density at radius 2 is 2.10 bits per heavy atom. The van der Waals surface area contributed by atoms with Gasteiger partial charge in [-0.15, -0.1) is 6.58 Å². The van der Waals surface area contributed by atoms with Gasteiger partial charge in [-0.25, -0.2) is 0 Å². The highest BCUT2D eigenvalue weighted by Crippen LogP contribution is 2.37. The van der Waals surface area contributed by atoms with Gasteiger partial charge in [0, 0.05) is 13.1 Å². The standard InChI is InChI=1S/C16H22N2O2S/c1-5-7-17-16(21)18-8-6-12-9-14(19-3)15(20-4)10-13(12)11(18)2/h5,9-11H,1,6-8H2,2-4H3,(H,17,21)/t11-/m0/s1. The molecule has 0 spiro atoms. The van der Waals surface area contributed by atoms with Crippen molar-refractivity contribution in [2.45, 2.75) is 19.4 Å². The van der Waals surface area contributed by atoms with Gasteiger partial charge in [0.15, 0.2) is 16.6 Å². The van der Waals surface area contributed by atoms with Gasteiger partial charge in [0.25, 0.3) is 0 Å². The van der Waals surface area contributed by atoms with E-state index < -0.39 is 0 Å². The first-order valence-corrected chi connectivity index (χ1v) is 7.43. The number of benzene rings is 1. The van der Waals surface area contributed by atoms with Gasteiger partial charge in [0.2, 0.25) is 0 Å². The highest BCUT2D eigenvalue weighted by Gasteiger charge is 2.27. The molecule has 0 saturated heterocycles. The minimum Gasteiger partial charge on any atom is -0.493 e. The van der Waals surface area contributed by atoms with Gasteiger partial charge in [-0.1, -0.05) is 6.08 Å². The first-order valence-electron chi connectivity index (χ1n) is 7.02. The van der Waals surface area contributed by atoms with Crippen LogP contribution in [0.4, 0.5) is 0 Å². The summed E-state index contributed by atoms with van der Waals surface area (Å²) in [5.74, 6) is 1.54. The summed E-state index contributed by atoms with van der Waals surface area (Å²) in [5, 5.41) is 3.96. The lowest BCUT2D eigenvalue weighted by atomic mass is 9.93. The van der Waals surface area contributed by atoms with Gasteiger partial charge < -0.3 is 19.7 Å². The second-order valence-corrected chi connectivity index (χ2v) is 5.39. The third kappa shape index (κ3) is 3.13. The van der Waals surface area contributed by atoms with Crippen molar-refractivity contribution in [3.8, 4) is 11.5 Å². The topological polar surface area (TPSA) is 33.7 Å². The number of hydrogen-bond donors (Lipinski definition) is 1. The van der Waals surface area contributed by atoms with Gasteiger partial charge in [0.1, 0.15) is 0 Å². The molecule has 114 valence electrons. The number of hydrogen-bond acceptors (Lipinski definition) is 3. The second-order valence-electron chi connectivity index (χ2n) is 5.00. The van der Waals surface area contributed by atoms with Crippen molar-refractivity contribution in [1.82, 2.24) is 10.2 Å². The molecule has 1 heterocycles. The maximum Gasteiger partial charge on any atom is 0.169 e. The zero-order valence-electron chi connectivity index (χ0n) is 12.8. The molecule has 0 aromatic heterocycles. The molecular formula is C16H22N2O2S. The molecule has 0 radical (unpaired) electrons. The average molecular weight is 306 g/mol. The van der Waals surface area contributed by atoms with Crippen LogP contribution < -0.4 is 14.8 Å². The van der Waals surface area contributed by atoms with Crippen LogP contribution in [0.2, 0.25) is 0 Å². The van der Waals surface area contributed by atoms with E-state index in [-0.39, 0.29) is 6.04 Å². The first-order chi connectivity index (χ1) is 10.1. The van der Waals surface area contributed by atoms with Crippen LogP contribution in [0.3, 0.4) is 0 Å². The van der Waals surface area contributed by atoms with E-state index in [0.717, 1.165) is 29.6 Å². The molecule has 0 amide bonds. The molecule has 0 fully saturated rings. The predicted molar refractivity (Wildman–Crippen MR) is 89.2 cm³/mol. The summed E-state index contributed by atoms with van der Waals surface area (Å²) in [4.78, 5) is 2.20. The molecule has 1 aromatic rings. The van der Waals surface area contributed by atoms with Gasteiger partial charge in [0.05, 0.1) is 20.3 Å². The molecule has 1 N–H and O–H groups in total. The molecule has 1 aromatic carbocycles. The fourth-order valence-electron chi connectivity index (χ4n) is 2.68. The summed E-state index contributed by atoms with van der Waals surface area (Å²) in [6.45, 7) is 7.44. The lowest BCUT2D eigenvalue weighted by Crippen LogP contribution is -2.44. The molecule has 21 heavy (non-hydrogen) atoms. The van der Waals surface area contributed by atoms with Crippen molar-refractivity contribution in [3.05, 3.63) is 35.9 Å². The Bertz CT molecular complexity index is 545. The van der Waals surface area contributed by atoms with Crippen LogP contribution in [-0.2, 0) is 6.42 Å². The van der Waals surface area contributed by atoms with Crippen LogP contribution in [0.15, 0.2) is 24.8 Å². The Labute approximate surface area is 131 Å². The molecule has 2 rings (SSSR count). The average Bonchev–Trinajstić information content (AvgIpc) is 2.51. The summed E-state index contributed by atoms with van der Waals surface area (Å²) < 4.78 is 10.8. The van der Waals surface area contributed by atoms with Crippen molar-refractivity contribution in [2.24, 2.45) is 0 Å². The summed E-state index contributed by atoms with van der Waals surface area (Å²) >= 11 is 5.47. The number of nitrogens with zero attached hydrogens (tertiary/aromatic N) is 1. The maximum absolute atomic E-state index is 5.47. The molecule has 4 nitrogen and oxygen atoms in total. The van der Waals surface area contributed by atoms with Crippen molar-refractivity contribution < 1.29 is 9.47 Å². The van der Waals surface area contributed by atoms with Crippen molar-refractivity contribution >= 4 is 17.3 Å². The van der Waals surface area contributed by atoms with E-state index in [4.69, 9.17) is 21.7 Å². The Kier molecular flexibility index (Phi) is 5.07. The third-order valence-electron chi connectivity index (χ3n) is 3.84. The number of methoxy groups -OCH3 is 2. The summed E-state index contributed by atoms with van der Waals surface area (Å²) in [7, 11) is 3.32. The summed E-state index contributed by atoms with van der Waals surface area (Å²) in [5.41, 5.74) is 2.53. The highest BCUT2D eigenvalue weighted by molar-refractivity contribution is 7.80. The van der Waals surface area contributed by atoms with Gasteiger partial charge >= 0.3 is 0 Å². The second kappa shape index (κ2) is 6.80. The van der Waals surface area contributed by atoms with Crippen LogP contribution in [0, 0.1) is 0 Å². The van der Waals surface area contributed by atoms with Crippen LogP contribution >= 0.6 is 12.2 Å². The van der Waals surface area contributed by atoms with E-state index in [9.17, 15) is 0 Å². The monoisotopic (exact) mass is 306 g/mol. The number of nitrogens with one attached hydrogen (secondary N) is 1.